The predicted molar refractivity (Wildman–Crippen MR) is 88.6 cm³/mol. The van der Waals surface area contributed by atoms with Crippen molar-refractivity contribution < 1.29 is 13.9 Å². The van der Waals surface area contributed by atoms with Crippen molar-refractivity contribution in [3.05, 3.63) is 62.0 Å². The van der Waals surface area contributed by atoms with Crippen molar-refractivity contribution in [2.75, 3.05) is 0 Å². The van der Waals surface area contributed by atoms with E-state index in [4.69, 9.17) is 4.74 Å². The van der Waals surface area contributed by atoms with Crippen molar-refractivity contribution in [1.29, 1.82) is 0 Å². The third-order valence-corrected chi connectivity index (χ3v) is 5.17. The zero-order valence-electron chi connectivity index (χ0n) is 11.1. The number of thiophene rings is 1. The molecule has 2 heterocycles. The number of ether oxygens (including phenoxy) is 1. The Labute approximate surface area is 142 Å². The number of benzene rings is 1. The van der Waals surface area contributed by atoms with Crippen LogP contribution in [0.4, 0.5) is 4.39 Å². The minimum absolute atomic E-state index is 0.0605. The predicted octanol–water partition coefficient (Wildman–Crippen LogP) is 5.13. The highest BCUT2D eigenvalue weighted by molar-refractivity contribution is 9.10. The standard InChI is InChI=1S/C15H9BrFNO2S2/c16-12-5-11(17)2-1-9(12)6-20-15(19)13-8-22-14(18-13)10-3-4-21-7-10/h1-5,7-8H,6H2. The normalized spacial score (nSPS) is 10.6. The van der Waals surface area contributed by atoms with Gasteiger partial charge in [-0.1, -0.05) is 22.0 Å². The van der Waals surface area contributed by atoms with Crippen LogP contribution in [0.15, 0.2) is 44.9 Å². The van der Waals surface area contributed by atoms with E-state index in [0.717, 1.165) is 10.6 Å². The fourth-order valence-corrected chi connectivity index (χ4v) is 3.71. The van der Waals surface area contributed by atoms with Gasteiger partial charge in [-0.05, 0) is 23.6 Å². The number of nitrogens with zero attached hydrogens (tertiary/aromatic N) is 1. The molecular weight excluding hydrogens is 389 g/mol. The zero-order chi connectivity index (χ0) is 15.5. The molecule has 0 unspecified atom stereocenters. The van der Waals surface area contributed by atoms with E-state index in [1.807, 2.05) is 16.8 Å². The SMILES string of the molecule is O=C(OCc1ccc(F)cc1Br)c1csc(-c2ccsc2)n1. The van der Waals surface area contributed by atoms with Crippen molar-refractivity contribution in [2.45, 2.75) is 6.61 Å². The summed E-state index contributed by atoms with van der Waals surface area (Å²) in [6, 6.07) is 6.19. The fourth-order valence-electron chi connectivity index (χ4n) is 1.74. The van der Waals surface area contributed by atoms with Gasteiger partial charge in [0.15, 0.2) is 5.69 Å². The Kier molecular flexibility index (Phi) is 4.66. The molecule has 0 aliphatic rings. The molecule has 22 heavy (non-hydrogen) atoms. The number of hydrogen-bond acceptors (Lipinski definition) is 5. The number of hydrogen-bond donors (Lipinski definition) is 0. The van der Waals surface area contributed by atoms with Crippen LogP contribution in [0, 0.1) is 5.82 Å². The highest BCUT2D eigenvalue weighted by Crippen LogP contribution is 2.26. The smallest absolute Gasteiger partial charge is 0.358 e. The van der Waals surface area contributed by atoms with Crippen molar-refractivity contribution in [1.82, 2.24) is 4.98 Å². The maximum atomic E-state index is 13.0. The third kappa shape index (κ3) is 3.43. The second kappa shape index (κ2) is 6.68. The molecule has 3 rings (SSSR count). The molecule has 0 saturated heterocycles. The minimum atomic E-state index is -0.492. The summed E-state index contributed by atoms with van der Waals surface area (Å²) in [5.74, 6) is -0.837. The number of halogens is 2. The number of carbonyl (C=O) groups excluding carboxylic acids is 1. The maximum Gasteiger partial charge on any atom is 0.358 e. The summed E-state index contributed by atoms with van der Waals surface area (Å²) in [6.45, 7) is 0.0605. The molecule has 0 spiro atoms. The lowest BCUT2D eigenvalue weighted by atomic mass is 10.2. The Balaban J connectivity index is 1.67. The van der Waals surface area contributed by atoms with Crippen LogP contribution in [-0.2, 0) is 11.3 Å². The van der Waals surface area contributed by atoms with Crippen molar-refractivity contribution in [3.63, 3.8) is 0 Å². The molecule has 0 radical (unpaired) electrons. The summed E-state index contributed by atoms with van der Waals surface area (Å²) in [6.07, 6.45) is 0. The zero-order valence-corrected chi connectivity index (χ0v) is 14.3. The molecular formula is C15H9BrFNO2S2. The van der Waals surface area contributed by atoms with E-state index in [-0.39, 0.29) is 18.1 Å². The molecule has 0 aliphatic heterocycles. The van der Waals surface area contributed by atoms with Gasteiger partial charge in [0.25, 0.3) is 0 Å². The molecule has 112 valence electrons. The summed E-state index contributed by atoms with van der Waals surface area (Å²) < 4.78 is 18.8. The fraction of sp³-hybridized carbons (Fsp3) is 0.0667. The van der Waals surface area contributed by atoms with E-state index in [9.17, 15) is 9.18 Å². The molecule has 0 fully saturated rings. The van der Waals surface area contributed by atoms with Gasteiger partial charge in [0.1, 0.15) is 17.4 Å². The van der Waals surface area contributed by atoms with Crippen molar-refractivity contribution >= 4 is 44.6 Å². The minimum Gasteiger partial charge on any atom is -0.456 e. The number of thiazole rings is 1. The summed E-state index contributed by atoms with van der Waals surface area (Å²) >= 11 is 6.22. The van der Waals surface area contributed by atoms with E-state index >= 15 is 0 Å². The van der Waals surface area contributed by atoms with Crippen LogP contribution in [0.1, 0.15) is 16.1 Å². The van der Waals surface area contributed by atoms with Gasteiger partial charge in [0.2, 0.25) is 0 Å². The molecule has 0 bridgehead atoms. The van der Waals surface area contributed by atoms with Crippen molar-refractivity contribution in [2.24, 2.45) is 0 Å². The van der Waals surface area contributed by atoms with Gasteiger partial charge >= 0.3 is 5.97 Å². The van der Waals surface area contributed by atoms with E-state index in [2.05, 4.69) is 20.9 Å². The van der Waals surface area contributed by atoms with Gasteiger partial charge in [-0.25, -0.2) is 14.2 Å². The van der Waals surface area contributed by atoms with Gasteiger partial charge in [0, 0.05) is 26.4 Å². The molecule has 0 amide bonds. The second-order valence-corrected chi connectivity index (χ2v) is 6.85. The van der Waals surface area contributed by atoms with Gasteiger partial charge < -0.3 is 4.74 Å². The Bertz CT molecular complexity index is 802. The average Bonchev–Trinajstić information content (AvgIpc) is 3.17. The Morgan fingerprint density at radius 3 is 2.91 bits per heavy atom. The van der Waals surface area contributed by atoms with Crippen LogP contribution in [0.2, 0.25) is 0 Å². The largest absolute Gasteiger partial charge is 0.456 e. The number of esters is 1. The first-order chi connectivity index (χ1) is 10.6. The Morgan fingerprint density at radius 1 is 1.32 bits per heavy atom. The summed E-state index contributed by atoms with van der Waals surface area (Å²) in [4.78, 5) is 16.3. The van der Waals surface area contributed by atoms with Crippen LogP contribution in [-0.4, -0.2) is 11.0 Å². The van der Waals surface area contributed by atoms with Gasteiger partial charge in [-0.2, -0.15) is 11.3 Å². The first-order valence-corrected chi connectivity index (χ1v) is 8.84. The first kappa shape index (κ1) is 15.3. The van der Waals surface area contributed by atoms with E-state index in [1.54, 1.807) is 22.8 Å². The quantitative estimate of drug-likeness (QED) is 0.572. The van der Waals surface area contributed by atoms with E-state index in [1.165, 1.54) is 23.5 Å². The lowest BCUT2D eigenvalue weighted by Crippen LogP contribution is -2.06. The number of carbonyl (C=O) groups is 1. The van der Waals surface area contributed by atoms with Gasteiger partial charge in [-0.15, -0.1) is 11.3 Å². The van der Waals surface area contributed by atoms with Crippen LogP contribution in [0.3, 0.4) is 0 Å². The molecule has 0 atom stereocenters. The molecule has 0 N–H and O–H groups in total. The lowest BCUT2D eigenvalue weighted by molar-refractivity contribution is 0.0466. The van der Waals surface area contributed by atoms with Crippen LogP contribution < -0.4 is 0 Å². The molecule has 0 aliphatic carbocycles. The Morgan fingerprint density at radius 2 is 2.18 bits per heavy atom. The van der Waals surface area contributed by atoms with Crippen LogP contribution in [0.5, 0.6) is 0 Å². The molecule has 0 saturated carbocycles. The summed E-state index contributed by atoms with van der Waals surface area (Å²) in [5.41, 5.74) is 1.97. The number of aromatic nitrogens is 1. The number of rotatable bonds is 4. The van der Waals surface area contributed by atoms with Gasteiger partial charge in [-0.3, -0.25) is 0 Å². The first-order valence-electron chi connectivity index (χ1n) is 6.22. The maximum absolute atomic E-state index is 13.0. The average molecular weight is 398 g/mol. The highest BCUT2D eigenvalue weighted by Gasteiger charge is 2.14. The summed E-state index contributed by atoms with van der Waals surface area (Å²) in [7, 11) is 0. The van der Waals surface area contributed by atoms with E-state index < -0.39 is 5.97 Å². The molecule has 3 aromatic rings. The van der Waals surface area contributed by atoms with Crippen LogP contribution in [0.25, 0.3) is 10.6 Å². The third-order valence-electron chi connectivity index (χ3n) is 2.86. The second-order valence-electron chi connectivity index (χ2n) is 4.36. The van der Waals surface area contributed by atoms with Gasteiger partial charge in [0.05, 0.1) is 0 Å². The molecule has 1 aromatic carbocycles. The topological polar surface area (TPSA) is 39.2 Å². The molecule has 3 nitrogen and oxygen atoms in total. The summed E-state index contributed by atoms with van der Waals surface area (Å²) in [5, 5.41) is 6.40. The van der Waals surface area contributed by atoms with Crippen molar-refractivity contribution in [3.8, 4) is 10.6 Å². The monoisotopic (exact) mass is 397 g/mol. The Hall–Kier alpha value is -1.57. The highest BCUT2D eigenvalue weighted by atomic mass is 79.9. The molecule has 7 heteroatoms. The van der Waals surface area contributed by atoms with Crippen LogP contribution >= 0.6 is 38.6 Å². The van der Waals surface area contributed by atoms with E-state index in [0.29, 0.717) is 10.0 Å². The molecule has 2 aromatic heterocycles. The lowest BCUT2D eigenvalue weighted by Gasteiger charge is -2.05.